The minimum absolute atomic E-state index is 0.0158. The molecule has 2 rings (SSSR count). The minimum Gasteiger partial charge on any atom is -0.395 e. The molecule has 108 valence electrons. The van der Waals surface area contributed by atoms with E-state index in [0.29, 0.717) is 22.6 Å². The van der Waals surface area contributed by atoms with Crippen molar-refractivity contribution in [2.75, 3.05) is 19.7 Å². The maximum atomic E-state index is 12.0. The van der Waals surface area contributed by atoms with Crippen LogP contribution in [0.1, 0.15) is 23.2 Å². The van der Waals surface area contributed by atoms with Gasteiger partial charge in [0.2, 0.25) is 5.91 Å². The molecule has 0 saturated heterocycles. The van der Waals surface area contributed by atoms with Gasteiger partial charge in [0.1, 0.15) is 0 Å². The van der Waals surface area contributed by atoms with Crippen molar-refractivity contribution >= 4 is 27.7 Å². The largest absolute Gasteiger partial charge is 0.395 e. The van der Waals surface area contributed by atoms with Gasteiger partial charge in [-0.1, -0.05) is 12.1 Å². The first-order valence-corrected chi connectivity index (χ1v) is 7.34. The molecule has 0 aliphatic heterocycles. The predicted molar refractivity (Wildman–Crippen MR) is 78.3 cm³/mol. The highest BCUT2D eigenvalue weighted by molar-refractivity contribution is 9.10. The van der Waals surface area contributed by atoms with Gasteiger partial charge in [0, 0.05) is 17.1 Å². The van der Waals surface area contributed by atoms with Crippen LogP contribution in [0.15, 0.2) is 28.7 Å². The molecule has 0 atom stereocenters. The number of nitrogens with zero attached hydrogens (tertiary/aromatic N) is 1. The Balaban J connectivity index is 1.90. The zero-order chi connectivity index (χ0) is 14.5. The number of halogens is 1. The Kier molecular flexibility index (Phi) is 5.28. The summed E-state index contributed by atoms with van der Waals surface area (Å²) in [5.74, 6) is -0.756. The maximum Gasteiger partial charge on any atom is 0.259 e. The van der Waals surface area contributed by atoms with Gasteiger partial charge in [0.15, 0.2) is 0 Å². The number of carbonyl (C=O) groups is 2. The second-order valence-electron chi connectivity index (χ2n) is 4.78. The number of amides is 2. The van der Waals surface area contributed by atoms with Crippen molar-refractivity contribution in [1.82, 2.24) is 10.2 Å². The molecule has 1 saturated carbocycles. The Bertz CT molecular complexity index is 503. The van der Waals surface area contributed by atoms with Crippen molar-refractivity contribution in [2.45, 2.75) is 18.9 Å². The van der Waals surface area contributed by atoms with E-state index in [2.05, 4.69) is 21.2 Å². The highest BCUT2D eigenvalue weighted by Crippen LogP contribution is 2.26. The van der Waals surface area contributed by atoms with E-state index in [9.17, 15) is 9.59 Å². The number of aliphatic hydroxyl groups is 1. The molecular weight excluding hydrogens is 324 g/mol. The summed E-state index contributed by atoms with van der Waals surface area (Å²) in [6, 6.07) is 7.32. The first-order valence-electron chi connectivity index (χ1n) is 6.55. The molecule has 0 unspecified atom stereocenters. The summed E-state index contributed by atoms with van der Waals surface area (Å²) in [7, 11) is 0. The number of hydrogen-bond acceptors (Lipinski definition) is 4. The van der Waals surface area contributed by atoms with Crippen molar-refractivity contribution in [3.8, 4) is 0 Å². The third-order valence-electron chi connectivity index (χ3n) is 3.17. The molecule has 0 spiro atoms. The molecule has 1 aliphatic carbocycles. The van der Waals surface area contributed by atoms with Crippen LogP contribution in [-0.2, 0) is 4.79 Å². The first-order chi connectivity index (χ1) is 9.61. The lowest BCUT2D eigenvalue weighted by Gasteiger charge is -2.19. The Hall–Kier alpha value is -1.24. The molecule has 2 N–H and O–H groups in total. The molecule has 0 heterocycles. The Labute approximate surface area is 126 Å². The summed E-state index contributed by atoms with van der Waals surface area (Å²) in [5.41, 5.74) is 0.431. The predicted octanol–water partition coefficient (Wildman–Crippen LogP) is 1.16. The molecule has 0 bridgehead atoms. The zero-order valence-corrected chi connectivity index (χ0v) is 12.6. The van der Waals surface area contributed by atoms with Gasteiger partial charge in [-0.15, -0.1) is 0 Å². The lowest BCUT2D eigenvalue weighted by atomic mass is 10.2. The number of hydrogen-bond donors (Lipinski definition) is 2. The van der Waals surface area contributed by atoms with Gasteiger partial charge in [-0.3, -0.25) is 19.8 Å². The van der Waals surface area contributed by atoms with Crippen LogP contribution < -0.4 is 5.32 Å². The van der Waals surface area contributed by atoms with Crippen molar-refractivity contribution < 1.29 is 14.7 Å². The highest BCUT2D eigenvalue weighted by atomic mass is 79.9. The molecule has 2 amide bonds. The third kappa shape index (κ3) is 4.13. The quantitative estimate of drug-likeness (QED) is 0.815. The van der Waals surface area contributed by atoms with Gasteiger partial charge >= 0.3 is 0 Å². The van der Waals surface area contributed by atoms with Gasteiger partial charge < -0.3 is 5.11 Å². The second kappa shape index (κ2) is 6.97. The summed E-state index contributed by atoms with van der Waals surface area (Å²) >= 11 is 3.28. The molecule has 0 radical (unpaired) electrons. The normalized spacial score (nSPS) is 14.3. The van der Waals surface area contributed by atoms with Crippen LogP contribution in [0.3, 0.4) is 0 Å². The minimum atomic E-state index is -0.415. The second-order valence-corrected chi connectivity index (χ2v) is 5.64. The summed E-state index contributed by atoms with van der Waals surface area (Å²) < 4.78 is 0.653. The van der Waals surface area contributed by atoms with E-state index in [1.54, 1.807) is 24.3 Å². The molecule has 5 nitrogen and oxygen atoms in total. The fourth-order valence-corrected chi connectivity index (χ4v) is 2.49. The van der Waals surface area contributed by atoms with Gasteiger partial charge in [0.05, 0.1) is 18.7 Å². The van der Waals surface area contributed by atoms with E-state index in [1.165, 1.54) is 0 Å². The van der Waals surface area contributed by atoms with E-state index in [4.69, 9.17) is 5.11 Å². The fourth-order valence-electron chi connectivity index (χ4n) is 2.02. The number of aliphatic hydroxyl groups excluding tert-OH is 1. The summed E-state index contributed by atoms with van der Waals surface area (Å²) in [6.07, 6.45) is 2.09. The van der Waals surface area contributed by atoms with Crippen LogP contribution in [0.2, 0.25) is 0 Å². The van der Waals surface area contributed by atoms with Crippen LogP contribution in [0.5, 0.6) is 0 Å². The monoisotopic (exact) mass is 340 g/mol. The molecule has 20 heavy (non-hydrogen) atoms. The summed E-state index contributed by atoms with van der Waals surface area (Å²) in [6.45, 7) is 0.616. The molecule has 1 fully saturated rings. The summed E-state index contributed by atoms with van der Waals surface area (Å²) in [5, 5.41) is 11.4. The third-order valence-corrected chi connectivity index (χ3v) is 3.86. The Morgan fingerprint density at radius 3 is 2.65 bits per heavy atom. The van der Waals surface area contributed by atoms with E-state index in [1.807, 2.05) is 4.90 Å². The smallest absolute Gasteiger partial charge is 0.259 e. The van der Waals surface area contributed by atoms with E-state index in [-0.39, 0.29) is 19.1 Å². The number of benzene rings is 1. The lowest BCUT2D eigenvalue weighted by molar-refractivity contribution is -0.121. The first kappa shape index (κ1) is 15.2. The van der Waals surface area contributed by atoms with Gasteiger partial charge in [-0.05, 0) is 40.9 Å². The summed E-state index contributed by atoms with van der Waals surface area (Å²) in [4.78, 5) is 25.8. The molecule has 6 heteroatoms. The van der Waals surface area contributed by atoms with Gasteiger partial charge in [0.25, 0.3) is 5.91 Å². The Morgan fingerprint density at radius 1 is 1.35 bits per heavy atom. The molecule has 1 aromatic rings. The SMILES string of the molecule is O=C(CN(CCO)C1CC1)NC(=O)c1ccccc1Br. The highest BCUT2D eigenvalue weighted by Gasteiger charge is 2.30. The molecule has 1 aromatic carbocycles. The zero-order valence-electron chi connectivity index (χ0n) is 11.0. The standard InChI is InChI=1S/C14H17BrN2O3/c15-12-4-2-1-3-11(12)14(20)16-13(19)9-17(7-8-18)10-5-6-10/h1-4,10,18H,5-9H2,(H,16,19,20). The topological polar surface area (TPSA) is 69.6 Å². The average Bonchev–Trinajstić information content (AvgIpc) is 3.22. The molecular formula is C14H17BrN2O3. The Morgan fingerprint density at radius 2 is 2.05 bits per heavy atom. The van der Waals surface area contributed by atoms with Gasteiger partial charge in [-0.25, -0.2) is 0 Å². The lowest BCUT2D eigenvalue weighted by Crippen LogP contribution is -2.42. The van der Waals surface area contributed by atoms with Crippen molar-refractivity contribution in [2.24, 2.45) is 0 Å². The molecule has 1 aliphatic rings. The number of imide groups is 1. The molecule has 0 aromatic heterocycles. The van der Waals surface area contributed by atoms with Crippen LogP contribution in [0, 0.1) is 0 Å². The van der Waals surface area contributed by atoms with Crippen LogP contribution in [0.4, 0.5) is 0 Å². The van der Waals surface area contributed by atoms with Gasteiger partial charge in [-0.2, -0.15) is 0 Å². The van der Waals surface area contributed by atoms with E-state index >= 15 is 0 Å². The van der Waals surface area contributed by atoms with Crippen LogP contribution in [-0.4, -0.2) is 47.6 Å². The fraction of sp³-hybridized carbons (Fsp3) is 0.429. The van der Waals surface area contributed by atoms with E-state index < -0.39 is 5.91 Å². The maximum absolute atomic E-state index is 12.0. The van der Waals surface area contributed by atoms with Crippen molar-refractivity contribution in [1.29, 1.82) is 0 Å². The average molecular weight is 341 g/mol. The van der Waals surface area contributed by atoms with Crippen LogP contribution >= 0.6 is 15.9 Å². The van der Waals surface area contributed by atoms with Crippen molar-refractivity contribution in [3.63, 3.8) is 0 Å². The van der Waals surface area contributed by atoms with Crippen LogP contribution in [0.25, 0.3) is 0 Å². The number of nitrogens with one attached hydrogen (secondary N) is 1. The number of carbonyl (C=O) groups excluding carboxylic acids is 2. The van der Waals surface area contributed by atoms with Crippen molar-refractivity contribution in [3.05, 3.63) is 34.3 Å². The number of rotatable bonds is 6. The van der Waals surface area contributed by atoms with E-state index in [0.717, 1.165) is 12.8 Å².